The van der Waals surface area contributed by atoms with E-state index in [4.69, 9.17) is 9.15 Å². The van der Waals surface area contributed by atoms with Crippen molar-refractivity contribution >= 4 is 0 Å². The summed E-state index contributed by atoms with van der Waals surface area (Å²) >= 11 is 0. The summed E-state index contributed by atoms with van der Waals surface area (Å²) in [6, 6.07) is 7.97. The van der Waals surface area contributed by atoms with Gasteiger partial charge in [-0.15, -0.1) is 0 Å². The lowest BCUT2D eigenvalue weighted by atomic mass is 10.2. The fourth-order valence-corrected chi connectivity index (χ4v) is 1.90. The van der Waals surface area contributed by atoms with E-state index in [9.17, 15) is 0 Å². The van der Waals surface area contributed by atoms with Crippen molar-refractivity contribution in [3.63, 3.8) is 0 Å². The Morgan fingerprint density at radius 1 is 1.22 bits per heavy atom. The Hall–Kier alpha value is -1.81. The molecule has 1 aromatic heterocycles. The molecular weight excluding hydrogens is 228 g/mol. The van der Waals surface area contributed by atoms with Crippen molar-refractivity contribution in [2.75, 3.05) is 7.11 Å². The van der Waals surface area contributed by atoms with Crippen LogP contribution in [-0.2, 0) is 13.1 Å². The van der Waals surface area contributed by atoms with Gasteiger partial charge in [0.05, 0.1) is 19.3 Å². The molecule has 1 aromatic carbocycles. The molecule has 96 valence electrons. The fourth-order valence-electron chi connectivity index (χ4n) is 1.90. The topological polar surface area (TPSA) is 47.3 Å². The number of nitrogens with zero attached hydrogens (tertiary/aromatic N) is 1. The average molecular weight is 246 g/mol. The highest BCUT2D eigenvalue weighted by molar-refractivity contribution is 5.33. The van der Waals surface area contributed by atoms with Gasteiger partial charge in [0.15, 0.2) is 5.89 Å². The normalized spacial score (nSPS) is 10.6. The third-order valence-corrected chi connectivity index (χ3v) is 2.79. The molecule has 0 saturated heterocycles. The van der Waals surface area contributed by atoms with Crippen LogP contribution >= 0.6 is 0 Å². The Labute approximate surface area is 107 Å². The van der Waals surface area contributed by atoms with Crippen LogP contribution in [0.1, 0.15) is 22.9 Å². The lowest BCUT2D eigenvalue weighted by molar-refractivity contribution is 0.405. The van der Waals surface area contributed by atoms with E-state index < -0.39 is 0 Å². The first-order valence-corrected chi connectivity index (χ1v) is 5.96. The summed E-state index contributed by atoms with van der Waals surface area (Å²) in [5.41, 5.74) is 2.08. The van der Waals surface area contributed by atoms with E-state index in [-0.39, 0.29) is 0 Å². The second-order valence-corrected chi connectivity index (χ2v) is 4.16. The standard InChI is InChI=1S/C14H18N2O2/c1-10-14(18-11(2)16-10)9-15-8-12-6-4-5-7-13(12)17-3/h4-7,15H,8-9H2,1-3H3. The minimum atomic E-state index is 0.671. The van der Waals surface area contributed by atoms with Crippen LogP contribution in [0.5, 0.6) is 5.75 Å². The van der Waals surface area contributed by atoms with Crippen LogP contribution in [0.4, 0.5) is 0 Å². The summed E-state index contributed by atoms with van der Waals surface area (Å²) < 4.78 is 10.8. The Balaban J connectivity index is 1.94. The van der Waals surface area contributed by atoms with Crippen molar-refractivity contribution in [2.45, 2.75) is 26.9 Å². The van der Waals surface area contributed by atoms with Crippen LogP contribution in [-0.4, -0.2) is 12.1 Å². The molecule has 1 N–H and O–H groups in total. The first-order chi connectivity index (χ1) is 8.70. The molecule has 0 saturated carbocycles. The predicted octanol–water partition coefficient (Wildman–Crippen LogP) is 2.59. The van der Waals surface area contributed by atoms with Gasteiger partial charge in [-0.3, -0.25) is 0 Å². The first kappa shape index (κ1) is 12.6. The highest BCUT2D eigenvalue weighted by atomic mass is 16.5. The lowest BCUT2D eigenvalue weighted by Crippen LogP contribution is -2.13. The second-order valence-electron chi connectivity index (χ2n) is 4.16. The van der Waals surface area contributed by atoms with Gasteiger partial charge in [0.25, 0.3) is 0 Å². The quantitative estimate of drug-likeness (QED) is 0.881. The number of ether oxygens (including phenoxy) is 1. The van der Waals surface area contributed by atoms with Crippen molar-refractivity contribution in [3.05, 3.63) is 47.2 Å². The number of methoxy groups -OCH3 is 1. The zero-order chi connectivity index (χ0) is 13.0. The van der Waals surface area contributed by atoms with Gasteiger partial charge in [0, 0.05) is 19.0 Å². The molecule has 2 aromatic rings. The van der Waals surface area contributed by atoms with Crippen molar-refractivity contribution in [3.8, 4) is 5.75 Å². The SMILES string of the molecule is COc1ccccc1CNCc1oc(C)nc1C. The van der Waals surface area contributed by atoms with Crippen LogP contribution in [0.3, 0.4) is 0 Å². The summed E-state index contributed by atoms with van der Waals surface area (Å²) in [7, 11) is 1.68. The van der Waals surface area contributed by atoms with Crippen molar-refractivity contribution < 1.29 is 9.15 Å². The molecule has 0 bridgehead atoms. The van der Waals surface area contributed by atoms with E-state index in [1.54, 1.807) is 7.11 Å². The number of aromatic nitrogens is 1. The van der Waals surface area contributed by atoms with Crippen LogP contribution in [0.2, 0.25) is 0 Å². The molecule has 1 heterocycles. The van der Waals surface area contributed by atoms with E-state index in [0.717, 1.165) is 29.3 Å². The molecule has 0 amide bonds. The molecule has 0 atom stereocenters. The maximum absolute atomic E-state index is 5.50. The molecule has 4 nitrogen and oxygen atoms in total. The Bertz CT molecular complexity index is 520. The minimum absolute atomic E-state index is 0.671. The van der Waals surface area contributed by atoms with E-state index in [1.807, 2.05) is 38.1 Å². The van der Waals surface area contributed by atoms with Crippen LogP contribution in [0, 0.1) is 13.8 Å². The third-order valence-electron chi connectivity index (χ3n) is 2.79. The fraction of sp³-hybridized carbons (Fsp3) is 0.357. The van der Waals surface area contributed by atoms with Gasteiger partial charge in [-0.05, 0) is 13.0 Å². The van der Waals surface area contributed by atoms with E-state index in [0.29, 0.717) is 12.4 Å². The number of oxazole rings is 1. The molecular formula is C14H18N2O2. The second kappa shape index (κ2) is 5.69. The molecule has 0 aliphatic rings. The van der Waals surface area contributed by atoms with Gasteiger partial charge < -0.3 is 14.5 Å². The third kappa shape index (κ3) is 2.90. The number of aryl methyl sites for hydroxylation is 2. The molecule has 0 fully saturated rings. The van der Waals surface area contributed by atoms with Crippen molar-refractivity contribution in [1.82, 2.24) is 10.3 Å². The summed E-state index contributed by atoms with van der Waals surface area (Å²) in [6.07, 6.45) is 0. The molecule has 18 heavy (non-hydrogen) atoms. The molecule has 0 spiro atoms. The number of rotatable bonds is 5. The Morgan fingerprint density at radius 3 is 2.67 bits per heavy atom. The zero-order valence-electron chi connectivity index (χ0n) is 11.0. The van der Waals surface area contributed by atoms with Gasteiger partial charge in [0.2, 0.25) is 0 Å². The number of hydrogen-bond donors (Lipinski definition) is 1. The van der Waals surface area contributed by atoms with Crippen LogP contribution in [0.15, 0.2) is 28.7 Å². The molecule has 0 aliphatic carbocycles. The molecule has 0 aliphatic heterocycles. The first-order valence-electron chi connectivity index (χ1n) is 5.96. The minimum Gasteiger partial charge on any atom is -0.496 e. The monoisotopic (exact) mass is 246 g/mol. The summed E-state index contributed by atoms with van der Waals surface area (Å²) in [5, 5.41) is 3.33. The summed E-state index contributed by atoms with van der Waals surface area (Å²) in [5.74, 6) is 2.50. The van der Waals surface area contributed by atoms with E-state index in [2.05, 4.69) is 10.3 Å². The van der Waals surface area contributed by atoms with Crippen LogP contribution < -0.4 is 10.1 Å². The zero-order valence-corrected chi connectivity index (χ0v) is 11.0. The maximum Gasteiger partial charge on any atom is 0.191 e. The summed E-state index contributed by atoms with van der Waals surface area (Å²) in [6.45, 7) is 5.22. The van der Waals surface area contributed by atoms with Crippen molar-refractivity contribution in [2.24, 2.45) is 0 Å². The van der Waals surface area contributed by atoms with Gasteiger partial charge in [0.1, 0.15) is 11.5 Å². The number of benzene rings is 1. The molecule has 0 radical (unpaired) electrons. The van der Waals surface area contributed by atoms with Crippen LogP contribution in [0.25, 0.3) is 0 Å². The smallest absolute Gasteiger partial charge is 0.191 e. The predicted molar refractivity (Wildman–Crippen MR) is 69.5 cm³/mol. The average Bonchev–Trinajstić information content (AvgIpc) is 2.68. The maximum atomic E-state index is 5.50. The van der Waals surface area contributed by atoms with Gasteiger partial charge in [-0.2, -0.15) is 0 Å². The molecule has 0 unspecified atom stereocenters. The van der Waals surface area contributed by atoms with E-state index >= 15 is 0 Å². The Morgan fingerprint density at radius 2 is 2.00 bits per heavy atom. The number of para-hydroxylation sites is 1. The number of nitrogens with one attached hydrogen (secondary N) is 1. The summed E-state index contributed by atoms with van der Waals surface area (Å²) in [4.78, 5) is 4.24. The number of hydrogen-bond acceptors (Lipinski definition) is 4. The lowest BCUT2D eigenvalue weighted by Gasteiger charge is -2.08. The Kier molecular flexibility index (Phi) is 3.99. The van der Waals surface area contributed by atoms with Crippen molar-refractivity contribution in [1.29, 1.82) is 0 Å². The molecule has 2 rings (SSSR count). The molecule has 4 heteroatoms. The highest BCUT2D eigenvalue weighted by Crippen LogP contribution is 2.17. The van der Waals surface area contributed by atoms with Gasteiger partial charge in [-0.1, -0.05) is 18.2 Å². The highest BCUT2D eigenvalue weighted by Gasteiger charge is 2.06. The largest absolute Gasteiger partial charge is 0.496 e. The van der Waals surface area contributed by atoms with E-state index in [1.165, 1.54) is 0 Å². The van der Waals surface area contributed by atoms with Gasteiger partial charge >= 0.3 is 0 Å². The van der Waals surface area contributed by atoms with Gasteiger partial charge in [-0.25, -0.2) is 4.98 Å².